The molecule has 36 heavy (non-hydrogen) atoms. The highest BCUT2D eigenvalue weighted by atomic mass is 32.2. The Kier molecular flexibility index (Phi) is 6.94. The van der Waals surface area contributed by atoms with Gasteiger partial charge >= 0.3 is 0 Å². The topological polar surface area (TPSA) is 66.7 Å². The second-order valence-corrected chi connectivity index (χ2v) is 11.3. The Bertz CT molecular complexity index is 1430. The van der Waals surface area contributed by atoms with Crippen LogP contribution < -0.4 is 10.9 Å². The Morgan fingerprint density at radius 2 is 1.86 bits per heavy atom. The van der Waals surface area contributed by atoms with Crippen molar-refractivity contribution < 1.29 is 9.18 Å². The zero-order valence-corrected chi connectivity index (χ0v) is 21.8. The number of thioether (sulfide) groups is 1. The first-order valence-corrected chi connectivity index (χ1v) is 13.3. The molecule has 2 fully saturated rings. The van der Waals surface area contributed by atoms with Crippen LogP contribution in [-0.4, -0.2) is 30.6 Å². The van der Waals surface area contributed by atoms with Gasteiger partial charge in [-0.15, -0.1) is 0 Å². The third-order valence-corrected chi connectivity index (χ3v) is 8.14. The van der Waals surface area contributed by atoms with Gasteiger partial charge in [0.2, 0.25) is 0 Å². The number of benzene rings is 1. The van der Waals surface area contributed by atoms with Gasteiger partial charge in [-0.2, -0.15) is 0 Å². The number of amides is 1. The van der Waals surface area contributed by atoms with Crippen LogP contribution in [0.3, 0.4) is 0 Å². The molecule has 0 spiro atoms. The molecule has 1 amide bonds. The van der Waals surface area contributed by atoms with Crippen LogP contribution in [-0.2, 0) is 11.3 Å². The molecule has 1 aromatic carbocycles. The van der Waals surface area contributed by atoms with Crippen LogP contribution in [0.15, 0.2) is 52.3 Å². The Labute approximate surface area is 218 Å². The van der Waals surface area contributed by atoms with Crippen molar-refractivity contribution in [3.63, 3.8) is 0 Å². The highest BCUT2D eigenvalue weighted by molar-refractivity contribution is 8.26. The van der Waals surface area contributed by atoms with E-state index in [1.165, 1.54) is 21.4 Å². The van der Waals surface area contributed by atoms with Crippen molar-refractivity contribution in [2.45, 2.75) is 52.1 Å². The number of carbonyl (C=O) groups excluding carboxylic acids is 1. The quantitative estimate of drug-likeness (QED) is 0.351. The fraction of sp³-hybridized carbons (Fsp3) is 0.333. The Morgan fingerprint density at radius 1 is 1.14 bits per heavy atom. The van der Waals surface area contributed by atoms with E-state index in [2.05, 4.69) is 12.2 Å². The first kappa shape index (κ1) is 24.6. The van der Waals surface area contributed by atoms with E-state index >= 15 is 0 Å². The van der Waals surface area contributed by atoms with Gasteiger partial charge in [-0.1, -0.05) is 49.1 Å². The van der Waals surface area contributed by atoms with Crippen LogP contribution in [0.5, 0.6) is 0 Å². The van der Waals surface area contributed by atoms with E-state index in [-0.39, 0.29) is 29.9 Å². The first-order chi connectivity index (χ1) is 17.3. The van der Waals surface area contributed by atoms with Crippen LogP contribution in [0.1, 0.15) is 49.3 Å². The van der Waals surface area contributed by atoms with Crippen LogP contribution in [0.4, 0.5) is 10.2 Å². The van der Waals surface area contributed by atoms with Crippen molar-refractivity contribution in [1.29, 1.82) is 0 Å². The largest absolute Gasteiger partial charge is 0.367 e. The minimum atomic E-state index is -0.337. The smallest absolute Gasteiger partial charge is 0.267 e. The van der Waals surface area contributed by atoms with Crippen molar-refractivity contribution in [1.82, 2.24) is 14.3 Å². The molecule has 3 aromatic rings. The van der Waals surface area contributed by atoms with Crippen molar-refractivity contribution in [3.05, 3.63) is 80.4 Å². The number of nitrogens with zero attached hydrogens (tertiary/aromatic N) is 3. The number of carbonyl (C=O) groups is 1. The van der Waals surface area contributed by atoms with Crippen molar-refractivity contribution >= 4 is 51.7 Å². The lowest BCUT2D eigenvalue weighted by molar-refractivity contribution is -0.122. The molecule has 2 aliphatic rings. The number of nitrogens with one attached hydrogen (secondary N) is 1. The second-order valence-electron chi connectivity index (χ2n) is 9.61. The number of rotatable bonds is 5. The minimum absolute atomic E-state index is 0.223. The Morgan fingerprint density at radius 3 is 2.58 bits per heavy atom. The molecule has 1 aliphatic carbocycles. The van der Waals surface area contributed by atoms with E-state index in [0.29, 0.717) is 32.2 Å². The third kappa shape index (κ3) is 5.08. The van der Waals surface area contributed by atoms with Gasteiger partial charge in [-0.3, -0.25) is 18.9 Å². The molecule has 186 valence electrons. The second kappa shape index (κ2) is 10.1. The molecular weight excluding hydrogens is 495 g/mol. The number of pyridine rings is 1. The van der Waals surface area contributed by atoms with Gasteiger partial charge in [-0.05, 0) is 73.9 Å². The molecule has 1 N–H and O–H groups in total. The summed E-state index contributed by atoms with van der Waals surface area (Å²) in [6.07, 6.45) is 7.64. The summed E-state index contributed by atoms with van der Waals surface area (Å²) in [6, 6.07) is 9.96. The van der Waals surface area contributed by atoms with Gasteiger partial charge < -0.3 is 5.32 Å². The highest BCUT2D eigenvalue weighted by Crippen LogP contribution is 2.34. The average Bonchev–Trinajstić information content (AvgIpc) is 3.12. The molecule has 6 nitrogen and oxygen atoms in total. The van der Waals surface area contributed by atoms with Crippen LogP contribution in [0.2, 0.25) is 0 Å². The monoisotopic (exact) mass is 522 g/mol. The van der Waals surface area contributed by atoms with Gasteiger partial charge in [-0.25, -0.2) is 9.37 Å². The molecular formula is C27H27FN4O2S2. The van der Waals surface area contributed by atoms with Crippen molar-refractivity contribution in [3.8, 4) is 0 Å². The van der Waals surface area contributed by atoms with E-state index < -0.39 is 0 Å². The highest BCUT2D eigenvalue weighted by Gasteiger charge is 2.33. The van der Waals surface area contributed by atoms with E-state index in [1.807, 2.05) is 19.1 Å². The van der Waals surface area contributed by atoms with Gasteiger partial charge in [0.05, 0.1) is 17.0 Å². The summed E-state index contributed by atoms with van der Waals surface area (Å²) in [4.78, 5) is 33.5. The molecule has 3 heterocycles. The number of thiocarbonyl (C=S) groups is 1. The number of hydrogen-bond donors (Lipinski definition) is 1. The van der Waals surface area contributed by atoms with Crippen LogP contribution in [0.25, 0.3) is 11.7 Å². The van der Waals surface area contributed by atoms with E-state index in [4.69, 9.17) is 17.2 Å². The average molecular weight is 523 g/mol. The molecule has 9 heteroatoms. The number of halogens is 1. The maximum Gasteiger partial charge on any atom is 0.267 e. The fourth-order valence-electron chi connectivity index (χ4n) is 4.64. The molecule has 0 radical (unpaired) electrons. The zero-order valence-electron chi connectivity index (χ0n) is 20.2. The Balaban J connectivity index is 1.51. The van der Waals surface area contributed by atoms with Crippen molar-refractivity contribution in [2.75, 3.05) is 5.32 Å². The fourth-order valence-corrected chi connectivity index (χ4v) is 5.87. The predicted molar refractivity (Wildman–Crippen MR) is 146 cm³/mol. The van der Waals surface area contributed by atoms with Crippen LogP contribution >= 0.6 is 24.0 Å². The molecule has 1 saturated heterocycles. The molecule has 1 aliphatic heterocycles. The van der Waals surface area contributed by atoms with Crippen LogP contribution in [0, 0.1) is 18.7 Å². The van der Waals surface area contributed by atoms with Gasteiger partial charge in [0, 0.05) is 12.2 Å². The number of aromatic nitrogens is 2. The normalized spacial score (nSPS) is 21.5. The van der Waals surface area contributed by atoms with Gasteiger partial charge in [0.25, 0.3) is 11.5 Å². The summed E-state index contributed by atoms with van der Waals surface area (Å²) >= 11 is 6.64. The standard InChI is InChI=1S/C27H27FN4O2S2/c1-16-3-10-20(11-4-16)29-24-21(25(33)31-14-17(2)5-12-23(31)30-24)13-22-26(34)32(27(35)36-22)15-18-6-8-19(28)9-7-18/h5-9,12-14,16,20,29H,3-4,10-11,15H2,1-2H3. The maximum atomic E-state index is 13.6. The number of hydrogen-bond acceptors (Lipinski definition) is 6. The number of anilines is 1. The molecule has 0 bridgehead atoms. The number of fused-ring (bicyclic) bond motifs is 1. The number of aryl methyl sites for hydroxylation is 1. The van der Waals surface area contributed by atoms with Gasteiger partial charge in [0.15, 0.2) is 0 Å². The predicted octanol–water partition coefficient (Wildman–Crippen LogP) is 5.53. The van der Waals surface area contributed by atoms with E-state index in [0.717, 1.165) is 48.6 Å². The maximum absolute atomic E-state index is 13.6. The summed E-state index contributed by atoms with van der Waals surface area (Å²) in [5.41, 5.74) is 2.37. The lowest BCUT2D eigenvalue weighted by atomic mass is 9.87. The molecule has 0 atom stereocenters. The summed E-state index contributed by atoms with van der Waals surface area (Å²) in [7, 11) is 0. The summed E-state index contributed by atoms with van der Waals surface area (Å²) in [5.74, 6) is 0.576. The van der Waals surface area contributed by atoms with E-state index in [9.17, 15) is 14.0 Å². The van der Waals surface area contributed by atoms with Crippen molar-refractivity contribution in [2.24, 2.45) is 5.92 Å². The summed E-state index contributed by atoms with van der Waals surface area (Å²) in [6.45, 7) is 4.42. The van der Waals surface area contributed by atoms with E-state index in [1.54, 1.807) is 24.4 Å². The first-order valence-electron chi connectivity index (χ1n) is 12.1. The lowest BCUT2D eigenvalue weighted by Crippen LogP contribution is -2.29. The SMILES string of the molecule is Cc1ccc2nc(NC3CCC(C)CC3)c(C=C3SC(=S)N(Cc4ccc(F)cc4)C3=O)c(=O)n2c1. The lowest BCUT2D eigenvalue weighted by Gasteiger charge is -2.27. The third-order valence-electron chi connectivity index (χ3n) is 6.77. The summed E-state index contributed by atoms with van der Waals surface area (Å²) < 4.78 is 15.2. The Hall–Kier alpha value is -3.04. The minimum Gasteiger partial charge on any atom is -0.367 e. The molecule has 2 aromatic heterocycles. The molecule has 0 unspecified atom stereocenters. The molecule has 5 rings (SSSR count). The summed E-state index contributed by atoms with van der Waals surface area (Å²) in [5, 5.41) is 3.50. The van der Waals surface area contributed by atoms with Gasteiger partial charge in [0.1, 0.15) is 21.6 Å². The molecule has 1 saturated carbocycles. The zero-order chi connectivity index (χ0) is 25.4.